The molecule has 1 saturated carbocycles. The van der Waals surface area contributed by atoms with Crippen molar-refractivity contribution in [1.82, 2.24) is 4.90 Å². The summed E-state index contributed by atoms with van der Waals surface area (Å²) in [6.45, 7) is 5.04. The number of nitrogens with zero attached hydrogens (tertiary/aromatic N) is 1. The van der Waals surface area contributed by atoms with Crippen molar-refractivity contribution in [2.45, 2.75) is 44.7 Å². The first-order valence-electron chi connectivity index (χ1n) is 5.55. The normalized spacial score (nSPS) is 20.3. The van der Waals surface area contributed by atoms with Gasteiger partial charge in [-0.05, 0) is 26.2 Å². The standard InChI is InChI=1S/C11H21NO3/c1-4-11(2,10(13)14)12(7-8-15-3)9-5-6-9/h9H,4-8H2,1-3H3,(H,13,14). The van der Waals surface area contributed by atoms with Crippen LogP contribution < -0.4 is 0 Å². The van der Waals surface area contributed by atoms with Gasteiger partial charge in [-0.1, -0.05) is 6.92 Å². The zero-order chi connectivity index (χ0) is 11.5. The van der Waals surface area contributed by atoms with Gasteiger partial charge in [-0.2, -0.15) is 0 Å². The van der Waals surface area contributed by atoms with E-state index in [1.54, 1.807) is 7.11 Å². The number of methoxy groups -OCH3 is 1. The van der Waals surface area contributed by atoms with E-state index < -0.39 is 11.5 Å². The van der Waals surface area contributed by atoms with Gasteiger partial charge in [-0.25, -0.2) is 0 Å². The molecule has 4 heteroatoms. The zero-order valence-corrected chi connectivity index (χ0v) is 9.82. The average Bonchev–Trinajstić information content (AvgIpc) is 3.01. The van der Waals surface area contributed by atoms with Gasteiger partial charge in [0.15, 0.2) is 0 Å². The first-order chi connectivity index (χ1) is 7.06. The van der Waals surface area contributed by atoms with Crippen LogP contribution in [0.3, 0.4) is 0 Å². The molecule has 0 spiro atoms. The summed E-state index contributed by atoms with van der Waals surface area (Å²) in [7, 11) is 1.65. The summed E-state index contributed by atoms with van der Waals surface area (Å²) in [6, 6.07) is 0.446. The van der Waals surface area contributed by atoms with Gasteiger partial charge in [-0.15, -0.1) is 0 Å². The van der Waals surface area contributed by atoms with Crippen molar-refractivity contribution in [3.63, 3.8) is 0 Å². The molecule has 4 nitrogen and oxygen atoms in total. The molecule has 0 aromatic rings. The summed E-state index contributed by atoms with van der Waals surface area (Å²) in [4.78, 5) is 13.4. The van der Waals surface area contributed by atoms with Crippen LogP contribution in [0, 0.1) is 0 Å². The van der Waals surface area contributed by atoms with Crippen LogP contribution in [0.2, 0.25) is 0 Å². The molecule has 1 aliphatic rings. The Kier molecular flexibility index (Phi) is 4.11. The van der Waals surface area contributed by atoms with Gasteiger partial charge in [0.25, 0.3) is 0 Å². The summed E-state index contributed by atoms with van der Waals surface area (Å²) < 4.78 is 5.04. The third-order valence-electron chi connectivity index (χ3n) is 3.31. The number of hydrogen-bond donors (Lipinski definition) is 1. The minimum absolute atomic E-state index is 0.446. The summed E-state index contributed by atoms with van der Waals surface area (Å²) in [6.07, 6.45) is 2.86. The molecule has 0 heterocycles. The van der Waals surface area contributed by atoms with Crippen LogP contribution in [0.5, 0.6) is 0 Å². The lowest BCUT2D eigenvalue weighted by Crippen LogP contribution is -2.54. The van der Waals surface area contributed by atoms with E-state index in [1.165, 1.54) is 0 Å². The molecule has 0 radical (unpaired) electrons. The Hall–Kier alpha value is -0.610. The van der Waals surface area contributed by atoms with E-state index in [-0.39, 0.29) is 0 Å². The largest absolute Gasteiger partial charge is 0.480 e. The number of hydrogen-bond acceptors (Lipinski definition) is 3. The highest BCUT2D eigenvalue weighted by molar-refractivity contribution is 5.78. The van der Waals surface area contributed by atoms with Crippen molar-refractivity contribution in [2.24, 2.45) is 0 Å². The Balaban J connectivity index is 2.70. The van der Waals surface area contributed by atoms with E-state index in [4.69, 9.17) is 4.74 Å². The molecule has 0 saturated heterocycles. The van der Waals surface area contributed by atoms with Crippen molar-refractivity contribution in [1.29, 1.82) is 0 Å². The van der Waals surface area contributed by atoms with E-state index in [1.807, 2.05) is 13.8 Å². The number of ether oxygens (including phenoxy) is 1. The van der Waals surface area contributed by atoms with Crippen LogP contribution >= 0.6 is 0 Å². The molecular weight excluding hydrogens is 194 g/mol. The molecule has 1 rings (SSSR count). The predicted octanol–water partition coefficient (Wildman–Crippen LogP) is 1.35. The van der Waals surface area contributed by atoms with Crippen molar-refractivity contribution >= 4 is 5.97 Å². The second-order valence-corrected chi connectivity index (χ2v) is 4.35. The molecule has 1 unspecified atom stereocenters. The van der Waals surface area contributed by atoms with Gasteiger partial charge in [0.1, 0.15) is 5.54 Å². The molecule has 1 atom stereocenters. The average molecular weight is 215 g/mol. The smallest absolute Gasteiger partial charge is 0.323 e. The fourth-order valence-corrected chi connectivity index (χ4v) is 1.89. The molecule has 0 aromatic carbocycles. The Bertz CT molecular complexity index is 228. The Morgan fingerprint density at radius 2 is 2.20 bits per heavy atom. The van der Waals surface area contributed by atoms with Gasteiger partial charge < -0.3 is 9.84 Å². The number of rotatable bonds is 7. The van der Waals surface area contributed by atoms with E-state index >= 15 is 0 Å². The third kappa shape index (κ3) is 2.69. The monoisotopic (exact) mass is 215 g/mol. The molecule has 0 amide bonds. The van der Waals surface area contributed by atoms with Gasteiger partial charge in [0, 0.05) is 19.7 Å². The lowest BCUT2D eigenvalue weighted by Gasteiger charge is -2.37. The second-order valence-electron chi connectivity index (χ2n) is 4.35. The van der Waals surface area contributed by atoms with Crippen molar-refractivity contribution < 1.29 is 14.6 Å². The SMILES string of the molecule is CCC(C)(C(=O)O)N(CCOC)C1CC1. The molecule has 1 fully saturated rings. The molecule has 1 N–H and O–H groups in total. The van der Waals surface area contributed by atoms with Gasteiger partial charge in [0.05, 0.1) is 6.61 Å². The van der Waals surface area contributed by atoms with Gasteiger partial charge >= 0.3 is 5.97 Å². The van der Waals surface area contributed by atoms with Crippen molar-refractivity contribution in [3.05, 3.63) is 0 Å². The van der Waals surface area contributed by atoms with E-state index in [0.717, 1.165) is 12.8 Å². The number of carboxylic acids is 1. The van der Waals surface area contributed by atoms with Crippen LogP contribution in [-0.2, 0) is 9.53 Å². The Labute approximate surface area is 91.2 Å². The van der Waals surface area contributed by atoms with Crippen molar-refractivity contribution in [3.8, 4) is 0 Å². The van der Waals surface area contributed by atoms with Crippen LogP contribution in [0.1, 0.15) is 33.1 Å². The highest BCUT2D eigenvalue weighted by Crippen LogP contribution is 2.34. The van der Waals surface area contributed by atoms with Crippen LogP contribution in [0.15, 0.2) is 0 Å². The van der Waals surface area contributed by atoms with Gasteiger partial charge in [0.2, 0.25) is 0 Å². The van der Waals surface area contributed by atoms with Gasteiger partial charge in [-0.3, -0.25) is 9.69 Å². The topological polar surface area (TPSA) is 49.8 Å². The quantitative estimate of drug-likeness (QED) is 0.696. The summed E-state index contributed by atoms with van der Waals surface area (Å²) in [5.74, 6) is -0.729. The third-order valence-corrected chi connectivity index (χ3v) is 3.31. The highest BCUT2D eigenvalue weighted by Gasteiger charge is 2.44. The van der Waals surface area contributed by atoms with Crippen molar-refractivity contribution in [2.75, 3.05) is 20.3 Å². The molecule has 15 heavy (non-hydrogen) atoms. The number of carbonyl (C=O) groups is 1. The maximum atomic E-state index is 11.3. The minimum Gasteiger partial charge on any atom is -0.480 e. The van der Waals surface area contributed by atoms with Crippen LogP contribution in [-0.4, -0.2) is 47.8 Å². The fraction of sp³-hybridized carbons (Fsp3) is 0.909. The summed E-state index contributed by atoms with van der Waals surface area (Å²) in [5.41, 5.74) is -0.736. The molecular formula is C11H21NO3. The molecule has 1 aliphatic carbocycles. The molecule has 88 valence electrons. The lowest BCUT2D eigenvalue weighted by atomic mass is 9.96. The summed E-state index contributed by atoms with van der Waals surface area (Å²) >= 11 is 0. The Morgan fingerprint density at radius 3 is 2.53 bits per heavy atom. The minimum atomic E-state index is -0.736. The number of carboxylic acid groups (broad SMARTS) is 1. The van der Waals surface area contributed by atoms with E-state index in [9.17, 15) is 9.90 Å². The van der Waals surface area contributed by atoms with E-state index in [2.05, 4.69) is 4.90 Å². The summed E-state index contributed by atoms with van der Waals surface area (Å²) in [5, 5.41) is 9.30. The number of aliphatic carboxylic acids is 1. The zero-order valence-electron chi connectivity index (χ0n) is 9.82. The predicted molar refractivity (Wildman–Crippen MR) is 57.9 cm³/mol. The first kappa shape index (κ1) is 12.5. The molecule has 0 aliphatic heterocycles. The highest BCUT2D eigenvalue weighted by atomic mass is 16.5. The van der Waals surface area contributed by atoms with E-state index in [0.29, 0.717) is 25.6 Å². The second kappa shape index (κ2) is 4.94. The molecule has 0 aromatic heterocycles. The maximum absolute atomic E-state index is 11.3. The first-order valence-corrected chi connectivity index (χ1v) is 5.55. The van der Waals surface area contributed by atoms with Crippen LogP contribution in [0.25, 0.3) is 0 Å². The maximum Gasteiger partial charge on any atom is 0.323 e. The molecule has 0 bridgehead atoms. The lowest BCUT2D eigenvalue weighted by molar-refractivity contribution is -0.151. The fourth-order valence-electron chi connectivity index (χ4n) is 1.89. The van der Waals surface area contributed by atoms with Crippen LogP contribution in [0.4, 0.5) is 0 Å². The Morgan fingerprint density at radius 1 is 1.60 bits per heavy atom.